The van der Waals surface area contributed by atoms with Gasteiger partial charge in [0.15, 0.2) is 0 Å². The van der Waals surface area contributed by atoms with Gasteiger partial charge in [-0.25, -0.2) is 0 Å². The van der Waals surface area contributed by atoms with Gasteiger partial charge < -0.3 is 15.0 Å². The standard InChI is InChI=1S/C15H30N2O2/c1-5-10-17(13-7-8-13)11-9-14(16-12(3)4)15(18)19-6-2/h12-14,16H,5-11H2,1-4H3. The first-order chi connectivity index (χ1) is 9.08. The number of esters is 1. The van der Waals surface area contributed by atoms with Crippen LogP contribution in [0.25, 0.3) is 0 Å². The van der Waals surface area contributed by atoms with Gasteiger partial charge in [-0.15, -0.1) is 0 Å². The molecule has 0 saturated heterocycles. The van der Waals surface area contributed by atoms with Gasteiger partial charge in [0, 0.05) is 18.6 Å². The quantitative estimate of drug-likeness (QED) is 0.618. The fraction of sp³-hybridized carbons (Fsp3) is 0.933. The molecular formula is C15H30N2O2. The van der Waals surface area contributed by atoms with Crippen LogP contribution in [0.15, 0.2) is 0 Å². The Morgan fingerprint density at radius 1 is 1.32 bits per heavy atom. The van der Waals surface area contributed by atoms with E-state index in [0.717, 1.165) is 25.6 Å². The van der Waals surface area contributed by atoms with E-state index in [1.807, 2.05) is 6.92 Å². The van der Waals surface area contributed by atoms with E-state index in [4.69, 9.17) is 4.74 Å². The lowest BCUT2D eigenvalue weighted by Gasteiger charge is -2.25. The Labute approximate surface area is 117 Å². The number of ether oxygens (including phenoxy) is 1. The van der Waals surface area contributed by atoms with Crippen molar-refractivity contribution in [3.63, 3.8) is 0 Å². The van der Waals surface area contributed by atoms with E-state index in [0.29, 0.717) is 12.6 Å². The van der Waals surface area contributed by atoms with Crippen LogP contribution in [-0.4, -0.2) is 48.7 Å². The molecule has 1 fully saturated rings. The first kappa shape index (κ1) is 16.4. The van der Waals surface area contributed by atoms with Crippen molar-refractivity contribution < 1.29 is 9.53 Å². The summed E-state index contributed by atoms with van der Waals surface area (Å²) in [5, 5.41) is 3.32. The fourth-order valence-electron chi connectivity index (χ4n) is 2.41. The molecule has 4 nitrogen and oxygen atoms in total. The highest BCUT2D eigenvalue weighted by atomic mass is 16.5. The van der Waals surface area contributed by atoms with E-state index in [1.54, 1.807) is 0 Å². The number of carbonyl (C=O) groups is 1. The van der Waals surface area contributed by atoms with Gasteiger partial charge in [-0.05, 0) is 39.2 Å². The summed E-state index contributed by atoms with van der Waals surface area (Å²) in [6.45, 7) is 10.8. The molecule has 0 bridgehead atoms. The van der Waals surface area contributed by atoms with Gasteiger partial charge in [-0.2, -0.15) is 0 Å². The highest BCUT2D eigenvalue weighted by molar-refractivity contribution is 5.75. The monoisotopic (exact) mass is 270 g/mol. The summed E-state index contributed by atoms with van der Waals surface area (Å²) < 4.78 is 5.15. The van der Waals surface area contributed by atoms with Crippen LogP contribution in [-0.2, 0) is 9.53 Å². The number of carbonyl (C=O) groups excluding carboxylic acids is 1. The largest absolute Gasteiger partial charge is 0.465 e. The van der Waals surface area contributed by atoms with E-state index in [9.17, 15) is 4.79 Å². The highest BCUT2D eigenvalue weighted by Crippen LogP contribution is 2.27. The number of nitrogens with zero attached hydrogens (tertiary/aromatic N) is 1. The van der Waals surface area contributed by atoms with E-state index in [2.05, 4.69) is 31.0 Å². The molecule has 0 aromatic carbocycles. The number of nitrogens with one attached hydrogen (secondary N) is 1. The Kier molecular flexibility index (Phi) is 7.39. The van der Waals surface area contributed by atoms with Crippen LogP contribution in [0.5, 0.6) is 0 Å². The molecule has 112 valence electrons. The molecule has 1 atom stereocenters. The summed E-state index contributed by atoms with van der Waals surface area (Å²) >= 11 is 0. The van der Waals surface area contributed by atoms with Crippen LogP contribution in [0.3, 0.4) is 0 Å². The first-order valence-electron chi connectivity index (χ1n) is 7.75. The Balaban J connectivity index is 2.43. The van der Waals surface area contributed by atoms with Crippen LogP contribution in [0.1, 0.15) is 53.4 Å². The van der Waals surface area contributed by atoms with Crippen molar-refractivity contribution in [2.45, 2.75) is 71.5 Å². The van der Waals surface area contributed by atoms with Crippen LogP contribution in [0.2, 0.25) is 0 Å². The van der Waals surface area contributed by atoms with Crippen molar-refractivity contribution in [1.29, 1.82) is 0 Å². The summed E-state index contributed by atoms with van der Waals surface area (Å²) in [5.74, 6) is -0.108. The molecule has 0 amide bonds. The van der Waals surface area contributed by atoms with Crippen molar-refractivity contribution in [3.05, 3.63) is 0 Å². The Morgan fingerprint density at radius 3 is 2.47 bits per heavy atom. The van der Waals surface area contributed by atoms with E-state index < -0.39 is 0 Å². The molecule has 0 aliphatic heterocycles. The number of rotatable bonds is 10. The van der Waals surface area contributed by atoms with E-state index in [-0.39, 0.29) is 12.0 Å². The molecule has 1 aliphatic carbocycles. The molecule has 1 saturated carbocycles. The van der Waals surface area contributed by atoms with Gasteiger partial charge >= 0.3 is 5.97 Å². The summed E-state index contributed by atoms with van der Waals surface area (Å²) in [4.78, 5) is 14.5. The van der Waals surface area contributed by atoms with E-state index in [1.165, 1.54) is 19.3 Å². The highest BCUT2D eigenvalue weighted by Gasteiger charge is 2.29. The van der Waals surface area contributed by atoms with Crippen LogP contribution >= 0.6 is 0 Å². The van der Waals surface area contributed by atoms with Crippen LogP contribution < -0.4 is 5.32 Å². The van der Waals surface area contributed by atoms with Crippen molar-refractivity contribution >= 4 is 5.97 Å². The molecule has 1 unspecified atom stereocenters. The van der Waals surface area contributed by atoms with E-state index >= 15 is 0 Å². The zero-order valence-electron chi connectivity index (χ0n) is 12.9. The molecule has 19 heavy (non-hydrogen) atoms. The minimum absolute atomic E-state index is 0.108. The number of hydrogen-bond acceptors (Lipinski definition) is 4. The van der Waals surface area contributed by atoms with Gasteiger partial charge in [0.1, 0.15) is 6.04 Å². The average Bonchev–Trinajstić information content (AvgIpc) is 3.16. The molecule has 0 aromatic heterocycles. The third-order valence-corrected chi connectivity index (χ3v) is 3.38. The second-order valence-electron chi connectivity index (χ2n) is 5.68. The second kappa shape index (κ2) is 8.54. The molecule has 1 N–H and O–H groups in total. The zero-order valence-corrected chi connectivity index (χ0v) is 12.9. The Morgan fingerprint density at radius 2 is 2.00 bits per heavy atom. The predicted octanol–water partition coefficient (Wildman–Crippen LogP) is 2.18. The maximum absolute atomic E-state index is 11.9. The lowest BCUT2D eigenvalue weighted by atomic mass is 10.1. The summed E-state index contributed by atoms with van der Waals surface area (Å²) in [5.41, 5.74) is 0. The summed E-state index contributed by atoms with van der Waals surface area (Å²) in [6, 6.07) is 0.898. The summed E-state index contributed by atoms with van der Waals surface area (Å²) in [7, 11) is 0. The maximum atomic E-state index is 11.9. The Hall–Kier alpha value is -0.610. The van der Waals surface area contributed by atoms with Gasteiger partial charge in [0.2, 0.25) is 0 Å². The SMILES string of the molecule is CCCN(CCC(NC(C)C)C(=O)OCC)C1CC1. The minimum atomic E-state index is -0.168. The molecule has 1 aliphatic rings. The van der Waals surface area contributed by atoms with Gasteiger partial charge in [0.25, 0.3) is 0 Å². The normalized spacial score (nSPS) is 16.9. The molecule has 4 heteroatoms. The summed E-state index contributed by atoms with van der Waals surface area (Å²) in [6.07, 6.45) is 4.66. The number of hydrogen-bond donors (Lipinski definition) is 1. The van der Waals surface area contributed by atoms with Crippen molar-refractivity contribution in [3.8, 4) is 0 Å². The fourth-order valence-corrected chi connectivity index (χ4v) is 2.41. The van der Waals surface area contributed by atoms with Crippen LogP contribution in [0, 0.1) is 0 Å². The van der Waals surface area contributed by atoms with Gasteiger partial charge in [-0.1, -0.05) is 20.8 Å². The average molecular weight is 270 g/mol. The topological polar surface area (TPSA) is 41.6 Å². The van der Waals surface area contributed by atoms with Gasteiger partial charge in [-0.3, -0.25) is 4.79 Å². The van der Waals surface area contributed by atoms with Crippen molar-refractivity contribution in [2.75, 3.05) is 19.7 Å². The Bertz CT molecular complexity index is 265. The molecule has 0 radical (unpaired) electrons. The molecule has 0 aromatic rings. The second-order valence-corrected chi connectivity index (χ2v) is 5.68. The molecule has 1 rings (SSSR count). The smallest absolute Gasteiger partial charge is 0.323 e. The third kappa shape index (κ3) is 6.39. The molecule has 0 spiro atoms. The molecular weight excluding hydrogens is 240 g/mol. The predicted molar refractivity (Wildman–Crippen MR) is 78.2 cm³/mol. The lowest BCUT2D eigenvalue weighted by Crippen LogP contribution is -2.44. The van der Waals surface area contributed by atoms with Crippen molar-refractivity contribution in [2.24, 2.45) is 0 Å². The third-order valence-electron chi connectivity index (χ3n) is 3.38. The van der Waals surface area contributed by atoms with Gasteiger partial charge in [0.05, 0.1) is 6.61 Å². The molecule has 0 heterocycles. The zero-order chi connectivity index (χ0) is 14.3. The minimum Gasteiger partial charge on any atom is -0.465 e. The maximum Gasteiger partial charge on any atom is 0.323 e. The van der Waals surface area contributed by atoms with Crippen molar-refractivity contribution in [1.82, 2.24) is 10.2 Å². The first-order valence-corrected chi connectivity index (χ1v) is 7.75. The lowest BCUT2D eigenvalue weighted by molar-refractivity contribution is -0.146. The van der Waals surface area contributed by atoms with Crippen LogP contribution in [0.4, 0.5) is 0 Å².